The fourth-order valence-electron chi connectivity index (χ4n) is 20.1. The van der Waals surface area contributed by atoms with Gasteiger partial charge in [-0.1, -0.05) is 60.1 Å². The number of carbonyl (C=O) groups is 1. The van der Waals surface area contributed by atoms with Crippen LogP contribution >= 0.6 is 0 Å². The summed E-state index contributed by atoms with van der Waals surface area (Å²) in [4.78, 5) is 15.0. The van der Waals surface area contributed by atoms with E-state index in [0.717, 1.165) is 12.0 Å². The Kier molecular flexibility index (Phi) is 23.6. The molecule has 12 aliphatic rings. The van der Waals surface area contributed by atoms with Crippen molar-refractivity contribution in [3.05, 3.63) is 11.6 Å². The molecule has 0 bridgehead atoms. The summed E-state index contributed by atoms with van der Waals surface area (Å²) in [6.45, 7) is 14.3. The molecule has 7 heterocycles. The van der Waals surface area contributed by atoms with Crippen LogP contribution in [-0.4, -0.2) is 345 Å². The fraction of sp³-hybridized carbons (Fsp3) is 0.957. The summed E-state index contributed by atoms with van der Waals surface area (Å²) in [6, 6.07) is 0. The normalized spacial score (nSPS) is 55.1. The highest BCUT2D eigenvalue weighted by atomic mass is 16.8. The number of esters is 1. The highest BCUT2D eigenvalue weighted by Crippen LogP contribution is 2.76. The molecule has 0 radical (unpaired) electrons. The summed E-state index contributed by atoms with van der Waals surface area (Å²) in [5.74, 6) is -1.05. The molecule has 0 spiro atoms. The summed E-state index contributed by atoms with van der Waals surface area (Å²) >= 11 is 0. The molecule has 7 saturated heterocycles. The van der Waals surface area contributed by atoms with Crippen molar-refractivity contribution in [2.75, 3.05) is 33.0 Å². The molecule has 5 aliphatic carbocycles. The van der Waals surface area contributed by atoms with E-state index in [1.807, 2.05) is 13.8 Å². The molecule has 12 rings (SSSR count). The standard InChI is InChI=1S/C69H112O34/c1-25-37(75)42(80)47(85)59(93-25)101-53-44(82)41(79)32(20-70)95-61(53)99-52-34(97-56-45(83)39(77)30(73)22-90-56)24-92-58(50(52)88)100-54-49(87)51(98-57-46(84)40(78)31(74)23-91-57)33(21-71)96-62(54)102-55-29(72)19-66(7)35(65(55,5)6)12-13-68(9)36(66)11-10-27-28-18-64(3,4)14-16-69(28,17-15-67(27,68)8)63(89)103-60-48(86)43(81)38(76)26(2)94-60/h10,25-26,28-62,70-88H,11-24H2,1-9H3/t25-,26-,28-,29+,30-,31+,32+,33+,34+,35-,36+,37-,38-,39-,40-,41+,42+,43+,44-,45+,46+,47+,48+,49-,50+,51+,52-,53+,54+,55-,56-,57-,58-,59-,60-,61-,62-,66-,67+,68+,69-/m0/s1. The molecule has 592 valence electrons. The number of hydrogen-bond acceptors (Lipinski definition) is 34. The summed E-state index contributed by atoms with van der Waals surface area (Å²) in [5, 5.41) is 212. The van der Waals surface area contributed by atoms with Gasteiger partial charge in [-0.25, -0.2) is 0 Å². The first-order chi connectivity index (χ1) is 48.3. The quantitative estimate of drug-likeness (QED) is 0.0389. The zero-order chi connectivity index (χ0) is 75.0. The second kappa shape index (κ2) is 30.2. The Morgan fingerprint density at radius 3 is 1.57 bits per heavy atom. The van der Waals surface area contributed by atoms with Crippen LogP contribution in [-0.2, 0) is 71.1 Å². The first-order valence-electron chi connectivity index (χ1n) is 36.4. The second-order valence-corrected chi connectivity index (χ2v) is 33.5. The minimum Gasteiger partial charge on any atom is -0.432 e. The van der Waals surface area contributed by atoms with E-state index < -0.39 is 275 Å². The minimum atomic E-state index is -2.23. The van der Waals surface area contributed by atoms with Crippen LogP contribution in [0.1, 0.15) is 120 Å². The Morgan fingerprint density at radius 2 is 0.951 bits per heavy atom. The van der Waals surface area contributed by atoms with Crippen LogP contribution in [0, 0.1) is 50.2 Å². The van der Waals surface area contributed by atoms with Gasteiger partial charge in [-0.3, -0.25) is 4.79 Å². The SMILES string of the molecule is C[C@@H]1O[C@@H](OC(=O)[C@]23CCC(C)(C)C[C@H]2C2=CC[C@@H]4[C@@]5(C)C[C@@H](O)[C@H](O[C@@H]6O[C@H](CO)[C@@H](O[C@@H]7OC[C@@H](O)[C@H](O)[C@H]7O)[C@H](O)[C@H]6O[C@@H]6OC[C@@H](O[C@@H]7OC[C@H](O)[C@H](O)[C@H]7O)[C@H](O[C@@H]7O[C@H](CO)[C@@H](O)[C@H](O)[C@H]7O[C@@H]7O[C@@H](C)[C@H](O)[C@@H](O)[C@H]7O)[C@H]6O)C(C)(C)[C@@H]5CC[C@@]4(C)[C@]2(C)CC3)[C@H](O)[C@H](O)[C@H]1O. The lowest BCUT2D eigenvalue weighted by molar-refractivity contribution is -0.407. The Hall–Kier alpha value is -2.07. The van der Waals surface area contributed by atoms with E-state index in [0.29, 0.717) is 44.9 Å². The second-order valence-electron chi connectivity index (χ2n) is 33.5. The van der Waals surface area contributed by atoms with Crippen LogP contribution in [0.15, 0.2) is 11.6 Å². The van der Waals surface area contributed by atoms with E-state index in [4.69, 9.17) is 66.3 Å². The van der Waals surface area contributed by atoms with Crippen molar-refractivity contribution in [2.45, 2.75) is 329 Å². The molecular weight excluding hydrogens is 1370 g/mol. The van der Waals surface area contributed by atoms with Gasteiger partial charge in [0.15, 0.2) is 37.7 Å². The predicted octanol–water partition coefficient (Wildman–Crippen LogP) is -5.62. The third-order valence-corrected chi connectivity index (χ3v) is 26.5. The number of fused-ring (bicyclic) bond motifs is 7. The van der Waals surface area contributed by atoms with Gasteiger partial charge in [0.1, 0.15) is 140 Å². The van der Waals surface area contributed by atoms with Gasteiger partial charge in [0.2, 0.25) is 6.29 Å². The molecule has 34 heteroatoms. The van der Waals surface area contributed by atoms with Gasteiger partial charge in [-0.15, -0.1) is 0 Å². The molecule has 0 unspecified atom stereocenters. The fourth-order valence-corrected chi connectivity index (χ4v) is 20.1. The largest absolute Gasteiger partial charge is 0.432 e. The maximum Gasteiger partial charge on any atom is 0.315 e. The lowest BCUT2D eigenvalue weighted by atomic mass is 9.33. The molecule has 0 amide bonds. The Labute approximate surface area is 596 Å². The van der Waals surface area contributed by atoms with Gasteiger partial charge in [-0.2, -0.15) is 0 Å². The summed E-state index contributed by atoms with van der Waals surface area (Å²) in [6.07, 6.45) is -51.8. The topological polar surface area (TPSA) is 531 Å². The first-order valence-corrected chi connectivity index (χ1v) is 36.4. The number of hydrogen-bond donors (Lipinski definition) is 19. The molecule has 19 N–H and O–H groups in total. The number of aliphatic hydroxyl groups excluding tert-OH is 19. The number of ether oxygens (including phenoxy) is 14. The van der Waals surface area contributed by atoms with E-state index in [9.17, 15) is 102 Å². The third kappa shape index (κ3) is 14.1. The van der Waals surface area contributed by atoms with E-state index in [1.54, 1.807) is 0 Å². The van der Waals surface area contributed by atoms with Crippen molar-refractivity contribution in [1.82, 2.24) is 0 Å². The van der Waals surface area contributed by atoms with E-state index in [-0.39, 0.29) is 29.6 Å². The van der Waals surface area contributed by atoms with Gasteiger partial charge < -0.3 is 163 Å². The summed E-state index contributed by atoms with van der Waals surface area (Å²) < 4.78 is 85.6. The summed E-state index contributed by atoms with van der Waals surface area (Å²) in [5.41, 5.74) is -2.48. The highest BCUT2D eigenvalue weighted by molar-refractivity contribution is 5.79. The lowest BCUT2D eigenvalue weighted by Crippen LogP contribution is -2.69. The number of aliphatic hydroxyl groups is 19. The Morgan fingerprint density at radius 1 is 0.447 bits per heavy atom. The molecule has 103 heavy (non-hydrogen) atoms. The molecule has 0 aromatic carbocycles. The minimum absolute atomic E-state index is 0.0601. The monoisotopic (exact) mass is 1480 g/mol. The van der Waals surface area contributed by atoms with Crippen LogP contribution in [0.2, 0.25) is 0 Å². The summed E-state index contributed by atoms with van der Waals surface area (Å²) in [7, 11) is 0. The number of rotatable bonds is 16. The average molecular weight is 1490 g/mol. The predicted molar refractivity (Wildman–Crippen MR) is 341 cm³/mol. The zero-order valence-corrected chi connectivity index (χ0v) is 59.5. The molecule has 7 aliphatic heterocycles. The van der Waals surface area contributed by atoms with Crippen LogP contribution in [0.25, 0.3) is 0 Å². The number of allylic oxidation sites excluding steroid dienone is 2. The van der Waals surface area contributed by atoms with E-state index in [2.05, 4.69) is 40.7 Å². The van der Waals surface area contributed by atoms with Gasteiger partial charge >= 0.3 is 5.97 Å². The molecule has 4 saturated carbocycles. The Balaban J connectivity index is 0.842. The Bertz CT molecular complexity index is 2930. The first kappa shape index (κ1) is 80.4. The molecule has 0 aromatic rings. The maximum absolute atomic E-state index is 15.0. The van der Waals surface area contributed by atoms with Crippen molar-refractivity contribution < 1.29 is 168 Å². The molecule has 0 aromatic heterocycles. The van der Waals surface area contributed by atoms with Crippen LogP contribution in [0.4, 0.5) is 0 Å². The van der Waals surface area contributed by atoms with Gasteiger partial charge in [0, 0.05) is 0 Å². The van der Waals surface area contributed by atoms with Crippen molar-refractivity contribution in [2.24, 2.45) is 50.2 Å². The molecule has 34 nitrogen and oxygen atoms in total. The van der Waals surface area contributed by atoms with Gasteiger partial charge in [-0.05, 0) is 116 Å². The highest BCUT2D eigenvalue weighted by Gasteiger charge is 2.72. The third-order valence-electron chi connectivity index (χ3n) is 26.5. The van der Waals surface area contributed by atoms with Crippen LogP contribution in [0.5, 0.6) is 0 Å². The molecular formula is C69H112O34. The van der Waals surface area contributed by atoms with E-state index >= 15 is 0 Å². The smallest absolute Gasteiger partial charge is 0.315 e. The van der Waals surface area contributed by atoms with E-state index in [1.165, 1.54) is 13.8 Å². The average Bonchev–Trinajstić information content (AvgIpc) is 0.673. The molecule has 41 atom stereocenters. The maximum atomic E-state index is 15.0. The van der Waals surface area contributed by atoms with Crippen molar-refractivity contribution in [3.8, 4) is 0 Å². The van der Waals surface area contributed by atoms with Crippen molar-refractivity contribution in [1.29, 1.82) is 0 Å². The van der Waals surface area contributed by atoms with Crippen molar-refractivity contribution >= 4 is 5.97 Å². The van der Waals surface area contributed by atoms with Crippen LogP contribution < -0.4 is 0 Å². The molecule has 11 fully saturated rings. The van der Waals surface area contributed by atoms with Gasteiger partial charge in [0.25, 0.3) is 0 Å². The lowest BCUT2D eigenvalue weighted by Gasteiger charge is -2.71. The van der Waals surface area contributed by atoms with Crippen LogP contribution in [0.3, 0.4) is 0 Å². The van der Waals surface area contributed by atoms with Crippen molar-refractivity contribution in [3.63, 3.8) is 0 Å². The van der Waals surface area contributed by atoms with Gasteiger partial charge in [0.05, 0.1) is 62.9 Å². The number of carbonyl (C=O) groups excluding carboxylic acids is 1. The zero-order valence-electron chi connectivity index (χ0n) is 59.5.